The number of rotatable bonds is 8. The van der Waals surface area contributed by atoms with E-state index >= 15 is 0 Å². The Morgan fingerprint density at radius 3 is 2.44 bits per heavy atom. The Hall–Kier alpha value is -3.21. The maximum atomic E-state index is 12.4. The molecule has 0 atom stereocenters. The van der Waals surface area contributed by atoms with Crippen LogP contribution in [0.25, 0.3) is 10.8 Å². The second kappa shape index (κ2) is 8.94. The van der Waals surface area contributed by atoms with Crippen LogP contribution >= 0.6 is 0 Å². The molecule has 5 nitrogen and oxygen atoms in total. The van der Waals surface area contributed by atoms with Crippen LogP contribution in [0.4, 0.5) is 11.4 Å². The van der Waals surface area contributed by atoms with Crippen LogP contribution in [-0.4, -0.2) is 25.7 Å². The Kier molecular flexibility index (Phi) is 6.15. The molecule has 0 aromatic heterocycles. The van der Waals surface area contributed by atoms with Gasteiger partial charge in [0.15, 0.2) is 0 Å². The quantitative estimate of drug-likeness (QED) is 0.609. The van der Waals surface area contributed by atoms with E-state index in [9.17, 15) is 4.79 Å². The Morgan fingerprint density at radius 1 is 0.889 bits per heavy atom. The van der Waals surface area contributed by atoms with Crippen LogP contribution in [0.15, 0.2) is 60.7 Å². The molecule has 1 amide bonds. The van der Waals surface area contributed by atoms with Gasteiger partial charge in [0.25, 0.3) is 0 Å². The number of amides is 1. The Balaban J connectivity index is 1.66. The third kappa shape index (κ3) is 4.91. The van der Waals surface area contributed by atoms with Crippen LogP contribution in [-0.2, 0) is 4.79 Å². The predicted molar refractivity (Wildman–Crippen MR) is 110 cm³/mol. The van der Waals surface area contributed by atoms with Crippen molar-refractivity contribution in [1.29, 1.82) is 0 Å². The zero-order valence-corrected chi connectivity index (χ0v) is 15.6. The molecule has 0 fully saturated rings. The summed E-state index contributed by atoms with van der Waals surface area (Å²) in [6.07, 6.45) is 0. The summed E-state index contributed by atoms with van der Waals surface area (Å²) in [5.41, 5.74) is 1.50. The van der Waals surface area contributed by atoms with E-state index in [1.807, 2.05) is 74.5 Å². The van der Waals surface area contributed by atoms with Gasteiger partial charge in [-0.3, -0.25) is 4.79 Å². The number of hydrogen-bond donors (Lipinski definition) is 2. The van der Waals surface area contributed by atoms with Crippen molar-refractivity contribution in [3.05, 3.63) is 60.7 Å². The molecule has 0 saturated heterocycles. The molecule has 0 radical (unpaired) electrons. The van der Waals surface area contributed by atoms with E-state index in [4.69, 9.17) is 9.47 Å². The number of anilines is 2. The first kappa shape index (κ1) is 18.6. The van der Waals surface area contributed by atoms with Gasteiger partial charge in [-0.25, -0.2) is 0 Å². The van der Waals surface area contributed by atoms with Gasteiger partial charge in [-0.15, -0.1) is 0 Å². The normalized spacial score (nSPS) is 10.4. The molecule has 140 valence electrons. The molecular weight excluding hydrogens is 340 g/mol. The summed E-state index contributed by atoms with van der Waals surface area (Å²) in [5.74, 6) is 1.30. The van der Waals surface area contributed by atoms with Gasteiger partial charge in [0.05, 0.1) is 25.4 Å². The Labute approximate surface area is 159 Å². The van der Waals surface area contributed by atoms with Gasteiger partial charge in [-0.1, -0.05) is 30.3 Å². The van der Waals surface area contributed by atoms with Crippen molar-refractivity contribution in [3.8, 4) is 11.5 Å². The standard InChI is InChI=1S/C22H24N2O3/c1-3-26-19-11-12-21(27-4-2)20(14-19)23-15-22(25)24-18-10-9-16-7-5-6-8-17(16)13-18/h5-14,23H,3-4,15H2,1-2H3,(H,24,25). The number of fused-ring (bicyclic) bond motifs is 1. The molecule has 2 N–H and O–H groups in total. The van der Waals surface area contributed by atoms with Gasteiger partial charge < -0.3 is 20.1 Å². The molecule has 0 spiro atoms. The minimum Gasteiger partial charge on any atom is -0.494 e. The highest BCUT2D eigenvalue weighted by atomic mass is 16.5. The van der Waals surface area contributed by atoms with E-state index < -0.39 is 0 Å². The van der Waals surface area contributed by atoms with E-state index in [2.05, 4.69) is 10.6 Å². The molecular formula is C22H24N2O3. The van der Waals surface area contributed by atoms with Crippen LogP contribution in [0.5, 0.6) is 11.5 Å². The molecule has 0 unspecified atom stereocenters. The molecule has 0 saturated carbocycles. The van der Waals surface area contributed by atoms with Crippen LogP contribution < -0.4 is 20.1 Å². The number of carbonyl (C=O) groups is 1. The third-order valence-electron chi connectivity index (χ3n) is 4.03. The lowest BCUT2D eigenvalue weighted by Gasteiger charge is -2.14. The monoisotopic (exact) mass is 364 g/mol. The van der Waals surface area contributed by atoms with Crippen LogP contribution in [0, 0.1) is 0 Å². The number of hydrogen-bond acceptors (Lipinski definition) is 4. The molecule has 5 heteroatoms. The van der Waals surface area contributed by atoms with Gasteiger partial charge in [-0.05, 0) is 48.9 Å². The highest BCUT2D eigenvalue weighted by Crippen LogP contribution is 2.29. The highest BCUT2D eigenvalue weighted by molar-refractivity contribution is 5.96. The van der Waals surface area contributed by atoms with Gasteiger partial charge in [0.2, 0.25) is 5.91 Å². The van der Waals surface area contributed by atoms with Gasteiger partial charge in [0, 0.05) is 11.8 Å². The van der Waals surface area contributed by atoms with Crippen LogP contribution in [0.3, 0.4) is 0 Å². The molecule has 27 heavy (non-hydrogen) atoms. The molecule has 0 aliphatic carbocycles. The van der Waals surface area contributed by atoms with Gasteiger partial charge in [-0.2, -0.15) is 0 Å². The lowest BCUT2D eigenvalue weighted by Crippen LogP contribution is -2.22. The summed E-state index contributed by atoms with van der Waals surface area (Å²) in [4.78, 5) is 12.4. The maximum absolute atomic E-state index is 12.4. The fourth-order valence-electron chi connectivity index (χ4n) is 2.83. The van der Waals surface area contributed by atoms with E-state index in [1.54, 1.807) is 0 Å². The fraction of sp³-hybridized carbons (Fsp3) is 0.227. The van der Waals surface area contributed by atoms with Crippen molar-refractivity contribution in [2.45, 2.75) is 13.8 Å². The van der Waals surface area contributed by atoms with Crippen molar-refractivity contribution >= 4 is 28.1 Å². The predicted octanol–water partition coefficient (Wildman–Crippen LogP) is 4.69. The van der Waals surface area contributed by atoms with Crippen LogP contribution in [0.2, 0.25) is 0 Å². The number of ether oxygens (including phenoxy) is 2. The van der Waals surface area contributed by atoms with Gasteiger partial charge in [0.1, 0.15) is 11.5 Å². The van der Waals surface area contributed by atoms with Crippen LogP contribution in [0.1, 0.15) is 13.8 Å². The second-order valence-corrected chi connectivity index (χ2v) is 5.99. The lowest BCUT2D eigenvalue weighted by molar-refractivity contribution is -0.114. The molecule has 0 aliphatic rings. The zero-order chi connectivity index (χ0) is 19.1. The second-order valence-electron chi connectivity index (χ2n) is 5.99. The smallest absolute Gasteiger partial charge is 0.243 e. The number of benzene rings is 3. The number of carbonyl (C=O) groups excluding carboxylic acids is 1. The molecule has 3 aromatic carbocycles. The Morgan fingerprint density at radius 2 is 1.67 bits per heavy atom. The first-order chi connectivity index (χ1) is 13.2. The van der Waals surface area contributed by atoms with Crippen molar-refractivity contribution in [2.24, 2.45) is 0 Å². The zero-order valence-electron chi connectivity index (χ0n) is 15.6. The Bertz CT molecular complexity index is 924. The average molecular weight is 364 g/mol. The van der Waals surface area contributed by atoms with E-state index in [1.165, 1.54) is 0 Å². The average Bonchev–Trinajstić information content (AvgIpc) is 2.68. The van der Waals surface area contributed by atoms with Crippen molar-refractivity contribution in [3.63, 3.8) is 0 Å². The van der Waals surface area contributed by atoms with E-state index in [0.717, 1.165) is 27.9 Å². The topological polar surface area (TPSA) is 59.6 Å². The molecule has 3 rings (SSSR count). The highest BCUT2D eigenvalue weighted by Gasteiger charge is 2.09. The third-order valence-corrected chi connectivity index (χ3v) is 4.03. The summed E-state index contributed by atoms with van der Waals surface area (Å²) in [5, 5.41) is 8.29. The summed E-state index contributed by atoms with van der Waals surface area (Å²) in [6, 6.07) is 19.5. The molecule has 0 heterocycles. The van der Waals surface area contributed by atoms with Crippen molar-refractivity contribution < 1.29 is 14.3 Å². The lowest BCUT2D eigenvalue weighted by atomic mass is 10.1. The maximum Gasteiger partial charge on any atom is 0.243 e. The van der Waals surface area contributed by atoms with E-state index in [0.29, 0.717) is 19.0 Å². The molecule has 3 aromatic rings. The first-order valence-corrected chi connectivity index (χ1v) is 9.11. The summed E-state index contributed by atoms with van der Waals surface area (Å²) in [7, 11) is 0. The minimum atomic E-state index is -0.130. The first-order valence-electron chi connectivity index (χ1n) is 9.11. The van der Waals surface area contributed by atoms with Crippen molar-refractivity contribution in [1.82, 2.24) is 0 Å². The minimum absolute atomic E-state index is 0.127. The van der Waals surface area contributed by atoms with E-state index in [-0.39, 0.29) is 12.5 Å². The number of nitrogens with one attached hydrogen (secondary N) is 2. The van der Waals surface area contributed by atoms with Gasteiger partial charge >= 0.3 is 0 Å². The summed E-state index contributed by atoms with van der Waals surface area (Å²) < 4.78 is 11.1. The molecule has 0 aliphatic heterocycles. The summed E-state index contributed by atoms with van der Waals surface area (Å²) >= 11 is 0. The fourth-order valence-corrected chi connectivity index (χ4v) is 2.83. The largest absolute Gasteiger partial charge is 0.494 e. The summed E-state index contributed by atoms with van der Waals surface area (Å²) in [6.45, 7) is 5.11. The SMILES string of the molecule is CCOc1ccc(OCC)c(NCC(=O)Nc2ccc3ccccc3c2)c1. The molecule has 0 bridgehead atoms. The van der Waals surface area contributed by atoms with Crippen molar-refractivity contribution in [2.75, 3.05) is 30.4 Å².